The Morgan fingerprint density at radius 2 is 2.24 bits per heavy atom. The quantitative estimate of drug-likeness (QED) is 0.725. The van der Waals surface area contributed by atoms with Gasteiger partial charge in [0.05, 0.1) is 5.92 Å². The van der Waals surface area contributed by atoms with E-state index in [1.165, 1.54) is 0 Å². The van der Waals surface area contributed by atoms with Crippen molar-refractivity contribution in [2.75, 3.05) is 27.2 Å². The molecule has 3 atom stereocenters. The number of carbonyl (C=O) groups is 1. The van der Waals surface area contributed by atoms with Crippen molar-refractivity contribution >= 4 is 5.91 Å². The third kappa shape index (κ3) is 2.87. The average molecular weight is 237 g/mol. The molecule has 0 aromatic heterocycles. The molecule has 2 N–H and O–H groups in total. The standard InChI is InChI=1S/C13H23N3O/c1-15(2)9-12-4-3-7-16(12)13(17)10-5-6-11(14)8-10/h5-6,10-12H,3-4,7-9,14H2,1-2H3. The number of hydrogen-bond acceptors (Lipinski definition) is 3. The van der Waals surface area contributed by atoms with Crippen LogP contribution in [0.3, 0.4) is 0 Å². The lowest BCUT2D eigenvalue weighted by atomic mass is 10.1. The predicted molar refractivity (Wildman–Crippen MR) is 68.5 cm³/mol. The molecule has 0 aromatic rings. The first-order valence-corrected chi connectivity index (χ1v) is 6.47. The van der Waals surface area contributed by atoms with Gasteiger partial charge in [-0.15, -0.1) is 0 Å². The number of hydrogen-bond donors (Lipinski definition) is 1. The lowest BCUT2D eigenvalue weighted by Gasteiger charge is -2.29. The van der Waals surface area contributed by atoms with Gasteiger partial charge in [-0.25, -0.2) is 0 Å². The summed E-state index contributed by atoms with van der Waals surface area (Å²) in [6.45, 7) is 1.88. The van der Waals surface area contributed by atoms with Crippen molar-refractivity contribution < 1.29 is 4.79 Å². The summed E-state index contributed by atoms with van der Waals surface area (Å²) in [4.78, 5) is 16.6. The summed E-state index contributed by atoms with van der Waals surface area (Å²) in [7, 11) is 4.12. The minimum atomic E-state index is 0.0211. The van der Waals surface area contributed by atoms with E-state index in [1.54, 1.807) is 0 Å². The Labute approximate surface area is 103 Å². The van der Waals surface area contributed by atoms with E-state index in [4.69, 9.17) is 5.73 Å². The van der Waals surface area contributed by atoms with Crippen LogP contribution in [0.25, 0.3) is 0 Å². The van der Waals surface area contributed by atoms with Gasteiger partial charge < -0.3 is 15.5 Å². The Bertz CT molecular complexity index is 314. The van der Waals surface area contributed by atoms with Gasteiger partial charge in [0.2, 0.25) is 5.91 Å². The summed E-state index contributed by atoms with van der Waals surface area (Å²) in [6.07, 6.45) is 6.99. The van der Waals surface area contributed by atoms with Crippen LogP contribution in [0.4, 0.5) is 0 Å². The van der Waals surface area contributed by atoms with E-state index in [0.29, 0.717) is 6.04 Å². The number of likely N-dealkylation sites (N-methyl/N-ethyl adjacent to an activating group) is 1. The van der Waals surface area contributed by atoms with Crippen molar-refractivity contribution in [1.82, 2.24) is 9.80 Å². The Morgan fingerprint density at radius 3 is 2.82 bits per heavy atom. The van der Waals surface area contributed by atoms with Crippen LogP contribution in [0, 0.1) is 5.92 Å². The largest absolute Gasteiger partial charge is 0.338 e. The molecule has 1 fully saturated rings. The molecule has 96 valence electrons. The van der Waals surface area contributed by atoms with Crippen LogP contribution in [0.2, 0.25) is 0 Å². The van der Waals surface area contributed by atoms with Crippen LogP contribution in [-0.4, -0.2) is 55.0 Å². The van der Waals surface area contributed by atoms with Gasteiger partial charge in [-0.05, 0) is 33.4 Å². The fourth-order valence-electron chi connectivity index (χ4n) is 2.86. The van der Waals surface area contributed by atoms with E-state index in [0.717, 1.165) is 32.4 Å². The molecule has 2 aliphatic rings. The normalized spacial score (nSPS) is 32.7. The molecule has 0 bridgehead atoms. The molecule has 0 radical (unpaired) electrons. The molecule has 1 saturated heterocycles. The van der Waals surface area contributed by atoms with Gasteiger partial charge in [0, 0.05) is 25.2 Å². The maximum absolute atomic E-state index is 12.4. The highest BCUT2D eigenvalue weighted by Gasteiger charge is 2.34. The molecule has 0 aromatic carbocycles. The summed E-state index contributed by atoms with van der Waals surface area (Å²) >= 11 is 0. The van der Waals surface area contributed by atoms with Crippen LogP contribution in [0.5, 0.6) is 0 Å². The van der Waals surface area contributed by atoms with Crippen molar-refractivity contribution in [3.8, 4) is 0 Å². The minimum absolute atomic E-state index is 0.0211. The van der Waals surface area contributed by atoms with Gasteiger partial charge in [-0.2, -0.15) is 0 Å². The summed E-state index contributed by atoms with van der Waals surface area (Å²) in [6, 6.07) is 0.460. The van der Waals surface area contributed by atoms with Crippen molar-refractivity contribution in [2.45, 2.75) is 31.3 Å². The Balaban J connectivity index is 1.96. The molecule has 4 heteroatoms. The molecule has 1 amide bonds. The summed E-state index contributed by atoms with van der Waals surface area (Å²) in [5.74, 6) is 0.298. The van der Waals surface area contributed by atoms with Crippen LogP contribution < -0.4 is 5.73 Å². The van der Waals surface area contributed by atoms with Gasteiger partial charge in [0.1, 0.15) is 0 Å². The summed E-state index contributed by atoms with van der Waals surface area (Å²) in [5.41, 5.74) is 5.81. The van der Waals surface area contributed by atoms with Crippen LogP contribution in [0.15, 0.2) is 12.2 Å². The second-order valence-corrected chi connectivity index (χ2v) is 5.48. The molecule has 3 unspecified atom stereocenters. The first kappa shape index (κ1) is 12.6. The van der Waals surface area contributed by atoms with Gasteiger partial charge >= 0.3 is 0 Å². The zero-order valence-corrected chi connectivity index (χ0v) is 10.8. The van der Waals surface area contributed by atoms with E-state index in [-0.39, 0.29) is 17.9 Å². The molecule has 1 aliphatic carbocycles. The number of nitrogens with zero attached hydrogens (tertiary/aromatic N) is 2. The van der Waals surface area contributed by atoms with Crippen molar-refractivity contribution in [3.05, 3.63) is 12.2 Å². The minimum Gasteiger partial charge on any atom is -0.338 e. The van der Waals surface area contributed by atoms with Gasteiger partial charge in [0.25, 0.3) is 0 Å². The Hall–Kier alpha value is -0.870. The highest BCUT2D eigenvalue weighted by molar-refractivity contribution is 5.81. The average Bonchev–Trinajstić information content (AvgIpc) is 2.85. The lowest BCUT2D eigenvalue weighted by Crippen LogP contribution is -2.43. The first-order valence-electron chi connectivity index (χ1n) is 6.47. The molecule has 1 heterocycles. The zero-order valence-electron chi connectivity index (χ0n) is 10.8. The third-order valence-corrected chi connectivity index (χ3v) is 3.67. The van der Waals surface area contributed by atoms with Crippen molar-refractivity contribution in [1.29, 1.82) is 0 Å². The molecular weight excluding hydrogens is 214 g/mol. The molecule has 2 rings (SSSR count). The van der Waals surface area contributed by atoms with Crippen LogP contribution in [0.1, 0.15) is 19.3 Å². The molecule has 0 saturated carbocycles. The number of amides is 1. The van der Waals surface area contributed by atoms with E-state index in [9.17, 15) is 4.79 Å². The fourth-order valence-corrected chi connectivity index (χ4v) is 2.86. The van der Waals surface area contributed by atoms with E-state index < -0.39 is 0 Å². The molecule has 1 aliphatic heterocycles. The summed E-state index contributed by atoms with van der Waals surface area (Å²) < 4.78 is 0. The number of nitrogens with two attached hydrogens (primary N) is 1. The monoisotopic (exact) mass is 237 g/mol. The first-order chi connectivity index (χ1) is 8.08. The second-order valence-electron chi connectivity index (χ2n) is 5.48. The maximum Gasteiger partial charge on any atom is 0.229 e. The maximum atomic E-state index is 12.4. The van der Waals surface area contributed by atoms with Crippen LogP contribution in [-0.2, 0) is 4.79 Å². The van der Waals surface area contributed by atoms with Gasteiger partial charge in [0.15, 0.2) is 0 Å². The highest BCUT2D eigenvalue weighted by Crippen LogP contribution is 2.25. The number of carbonyl (C=O) groups excluding carboxylic acids is 1. The van der Waals surface area contributed by atoms with Crippen molar-refractivity contribution in [3.63, 3.8) is 0 Å². The SMILES string of the molecule is CN(C)CC1CCCN1C(=O)C1C=CC(N)C1. The van der Waals surface area contributed by atoms with Crippen molar-refractivity contribution in [2.24, 2.45) is 11.7 Å². The molecule has 17 heavy (non-hydrogen) atoms. The smallest absolute Gasteiger partial charge is 0.229 e. The highest BCUT2D eigenvalue weighted by atomic mass is 16.2. The van der Waals surface area contributed by atoms with E-state index in [1.807, 2.05) is 12.2 Å². The third-order valence-electron chi connectivity index (χ3n) is 3.67. The fraction of sp³-hybridized carbons (Fsp3) is 0.769. The van der Waals surface area contributed by atoms with E-state index >= 15 is 0 Å². The van der Waals surface area contributed by atoms with Crippen LogP contribution >= 0.6 is 0 Å². The number of likely N-dealkylation sites (tertiary alicyclic amines) is 1. The Morgan fingerprint density at radius 1 is 1.47 bits per heavy atom. The van der Waals surface area contributed by atoms with Gasteiger partial charge in [-0.3, -0.25) is 4.79 Å². The molecule has 0 spiro atoms. The topological polar surface area (TPSA) is 49.6 Å². The zero-order chi connectivity index (χ0) is 12.4. The second kappa shape index (κ2) is 5.19. The number of rotatable bonds is 3. The lowest BCUT2D eigenvalue weighted by molar-refractivity contribution is -0.135. The predicted octanol–water partition coefficient (Wildman–Crippen LogP) is 0.442. The van der Waals surface area contributed by atoms with Gasteiger partial charge in [-0.1, -0.05) is 12.2 Å². The van der Waals surface area contributed by atoms with E-state index in [2.05, 4.69) is 23.9 Å². The Kier molecular flexibility index (Phi) is 3.84. The summed E-state index contributed by atoms with van der Waals surface area (Å²) in [5, 5.41) is 0. The molecule has 4 nitrogen and oxygen atoms in total. The molecular formula is C13H23N3O.